The Morgan fingerprint density at radius 2 is 1.97 bits per heavy atom. The summed E-state index contributed by atoms with van der Waals surface area (Å²) in [4.78, 5) is 19.0. The first kappa shape index (κ1) is 25.9. The fourth-order valence-corrected chi connectivity index (χ4v) is 4.35. The fraction of sp³-hybridized carbons (Fsp3) is 0.818. The molecule has 1 amide bonds. The van der Waals surface area contributed by atoms with E-state index < -0.39 is 0 Å². The monoisotopic (exact) mass is 545 g/mol. The van der Waals surface area contributed by atoms with Crippen LogP contribution >= 0.6 is 24.0 Å². The third-order valence-electron chi connectivity index (χ3n) is 6.13. The molecule has 1 aromatic rings. The van der Waals surface area contributed by atoms with Crippen LogP contribution in [0.25, 0.3) is 0 Å². The second-order valence-electron chi connectivity index (χ2n) is 8.48. The summed E-state index contributed by atoms with van der Waals surface area (Å²) in [6, 6.07) is 0.512. The highest BCUT2D eigenvalue weighted by Crippen LogP contribution is 2.17. The van der Waals surface area contributed by atoms with Crippen molar-refractivity contribution in [1.29, 1.82) is 0 Å². The van der Waals surface area contributed by atoms with Crippen LogP contribution in [0.5, 0.6) is 0 Å². The van der Waals surface area contributed by atoms with Gasteiger partial charge in [-0.15, -0.1) is 34.2 Å². The normalized spacial score (nSPS) is 18.4. The molecule has 1 aromatic heterocycles. The maximum atomic E-state index is 12.2. The zero-order chi connectivity index (χ0) is 21.0. The Balaban J connectivity index is 0.00000341. The summed E-state index contributed by atoms with van der Waals surface area (Å²) in [5.74, 6) is 2.23. The summed E-state index contributed by atoms with van der Waals surface area (Å²) in [6.45, 7) is 6.17. The van der Waals surface area contributed by atoms with E-state index >= 15 is 0 Å². The molecule has 0 atom stereocenters. The van der Waals surface area contributed by atoms with Crippen LogP contribution in [0.2, 0.25) is 0 Å². The van der Waals surface area contributed by atoms with Crippen molar-refractivity contribution in [3.8, 4) is 0 Å². The number of carbonyl (C=O) groups excluding carboxylic acids is 1. The molecule has 3 rings (SSSR count). The molecule has 2 heterocycles. The Kier molecular flexibility index (Phi) is 12.2. The third kappa shape index (κ3) is 8.94. The topological polar surface area (TPSA) is 87.4 Å². The first-order chi connectivity index (χ1) is 14.8. The summed E-state index contributed by atoms with van der Waals surface area (Å²) in [5.41, 5.74) is 0. The number of aliphatic imine (C=N–C) groups is 1. The minimum atomic E-state index is 0. The number of rotatable bonds is 9. The average molecular weight is 546 g/mol. The molecule has 0 aromatic carbocycles. The lowest BCUT2D eigenvalue weighted by Crippen LogP contribution is -2.45. The van der Waals surface area contributed by atoms with Crippen LogP contribution < -0.4 is 10.6 Å². The standard InChI is InChI=1S/C22H39N7O.HI/c1-2-20-27-25-18-29(20)17-14-24-22(26-19-10-5-3-6-11-19)23-13-9-16-28-15-8-4-7-12-21(28)30;/h18-19H,2-17H2,1H3,(H2,23,24,26);1H. The number of hydrogen-bond donors (Lipinski definition) is 2. The zero-order valence-corrected chi connectivity index (χ0v) is 21.4. The molecular formula is C22H40IN7O. The van der Waals surface area contributed by atoms with Crippen molar-refractivity contribution in [2.45, 2.75) is 90.1 Å². The molecular weight excluding hydrogens is 505 g/mol. The van der Waals surface area contributed by atoms with Crippen LogP contribution in [0.3, 0.4) is 0 Å². The van der Waals surface area contributed by atoms with Gasteiger partial charge in [0.1, 0.15) is 12.2 Å². The molecule has 8 nitrogen and oxygen atoms in total. The predicted octanol–water partition coefficient (Wildman–Crippen LogP) is 3.12. The number of amides is 1. The van der Waals surface area contributed by atoms with E-state index in [2.05, 4.69) is 32.3 Å². The molecule has 0 unspecified atom stereocenters. The van der Waals surface area contributed by atoms with Gasteiger partial charge in [-0.05, 0) is 32.1 Å². The summed E-state index contributed by atoms with van der Waals surface area (Å²) in [7, 11) is 0. The zero-order valence-electron chi connectivity index (χ0n) is 19.0. The Bertz CT molecular complexity index is 673. The van der Waals surface area contributed by atoms with Gasteiger partial charge in [-0.25, -0.2) is 0 Å². The molecule has 1 saturated carbocycles. The molecule has 1 saturated heterocycles. The Morgan fingerprint density at radius 1 is 1.16 bits per heavy atom. The lowest BCUT2D eigenvalue weighted by atomic mass is 9.96. The number of nitrogens with zero attached hydrogens (tertiary/aromatic N) is 5. The van der Waals surface area contributed by atoms with E-state index in [-0.39, 0.29) is 24.0 Å². The van der Waals surface area contributed by atoms with E-state index in [4.69, 9.17) is 4.99 Å². The van der Waals surface area contributed by atoms with Gasteiger partial charge in [0, 0.05) is 51.6 Å². The van der Waals surface area contributed by atoms with Gasteiger partial charge in [-0.1, -0.05) is 32.6 Å². The minimum absolute atomic E-state index is 0. The van der Waals surface area contributed by atoms with Crippen LogP contribution in [0.4, 0.5) is 0 Å². The number of nitrogens with one attached hydrogen (secondary N) is 2. The van der Waals surface area contributed by atoms with Crippen molar-refractivity contribution in [1.82, 2.24) is 30.3 Å². The second-order valence-corrected chi connectivity index (χ2v) is 8.48. The smallest absolute Gasteiger partial charge is 0.222 e. The summed E-state index contributed by atoms with van der Waals surface area (Å²) >= 11 is 0. The average Bonchev–Trinajstić information content (AvgIpc) is 3.12. The van der Waals surface area contributed by atoms with Gasteiger partial charge >= 0.3 is 0 Å². The van der Waals surface area contributed by atoms with E-state index in [1.165, 1.54) is 38.5 Å². The molecule has 2 fully saturated rings. The lowest BCUT2D eigenvalue weighted by Gasteiger charge is -2.25. The van der Waals surface area contributed by atoms with Crippen molar-refractivity contribution in [3.63, 3.8) is 0 Å². The molecule has 176 valence electrons. The van der Waals surface area contributed by atoms with E-state index in [1.807, 2.05) is 4.90 Å². The summed E-state index contributed by atoms with van der Waals surface area (Å²) < 4.78 is 2.09. The molecule has 1 aliphatic carbocycles. The molecule has 2 aliphatic rings. The van der Waals surface area contributed by atoms with Gasteiger partial charge in [-0.2, -0.15) is 0 Å². The third-order valence-corrected chi connectivity index (χ3v) is 6.13. The number of aromatic nitrogens is 3. The van der Waals surface area contributed by atoms with Crippen molar-refractivity contribution >= 4 is 35.8 Å². The summed E-state index contributed by atoms with van der Waals surface area (Å²) in [6.07, 6.45) is 14.0. The molecule has 2 N–H and O–H groups in total. The highest BCUT2D eigenvalue weighted by Gasteiger charge is 2.16. The number of halogens is 1. The van der Waals surface area contributed by atoms with Gasteiger partial charge in [0.15, 0.2) is 5.96 Å². The fourth-order valence-electron chi connectivity index (χ4n) is 4.35. The lowest BCUT2D eigenvalue weighted by molar-refractivity contribution is -0.130. The predicted molar refractivity (Wildman–Crippen MR) is 135 cm³/mol. The highest BCUT2D eigenvalue weighted by atomic mass is 127. The Hall–Kier alpha value is -1.39. The molecule has 0 spiro atoms. The number of likely N-dealkylation sites (tertiary alicyclic amines) is 1. The minimum Gasteiger partial charge on any atom is -0.355 e. The van der Waals surface area contributed by atoms with Crippen LogP contribution in [0.15, 0.2) is 11.3 Å². The maximum absolute atomic E-state index is 12.2. The van der Waals surface area contributed by atoms with Crippen LogP contribution in [-0.2, 0) is 17.8 Å². The number of guanidine groups is 1. The Morgan fingerprint density at radius 3 is 2.77 bits per heavy atom. The van der Waals surface area contributed by atoms with Gasteiger partial charge in [-0.3, -0.25) is 9.79 Å². The van der Waals surface area contributed by atoms with Crippen molar-refractivity contribution in [2.24, 2.45) is 4.99 Å². The first-order valence-electron chi connectivity index (χ1n) is 12.0. The molecule has 9 heteroatoms. The SMILES string of the molecule is CCc1nncn1CCNC(=NCCCN1CCCCCC1=O)NC1CCCCC1.I. The van der Waals surface area contributed by atoms with Crippen LogP contribution in [-0.4, -0.2) is 63.8 Å². The van der Waals surface area contributed by atoms with Crippen LogP contribution in [0.1, 0.15) is 77.0 Å². The molecule has 31 heavy (non-hydrogen) atoms. The number of aryl methyl sites for hydroxylation is 1. The van der Waals surface area contributed by atoms with Crippen LogP contribution in [0, 0.1) is 0 Å². The van der Waals surface area contributed by atoms with E-state index in [9.17, 15) is 4.79 Å². The van der Waals surface area contributed by atoms with E-state index in [0.29, 0.717) is 18.4 Å². The second kappa shape index (κ2) is 14.6. The van der Waals surface area contributed by atoms with Gasteiger partial charge in [0.05, 0.1) is 0 Å². The molecule has 0 radical (unpaired) electrons. The quantitative estimate of drug-likeness (QED) is 0.216. The maximum Gasteiger partial charge on any atom is 0.222 e. The molecule has 0 bridgehead atoms. The van der Waals surface area contributed by atoms with Gasteiger partial charge in [0.25, 0.3) is 0 Å². The first-order valence-corrected chi connectivity index (χ1v) is 12.0. The van der Waals surface area contributed by atoms with Crippen molar-refractivity contribution in [3.05, 3.63) is 12.2 Å². The largest absolute Gasteiger partial charge is 0.355 e. The van der Waals surface area contributed by atoms with Crippen molar-refractivity contribution in [2.75, 3.05) is 26.2 Å². The summed E-state index contributed by atoms with van der Waals surface area (Å²) in [5, 5.41) is 15.3. The number of carbonyl (C=O) groups is 1. The molecule has 1 aliphatic heterocycles. The van der Waals surface area contributed by atoms with Gasteiger partial charge in [0.2, 0.25) is 5.91 Å². The highest BCUT2D eigenvalue weighted by molar-refractivity contribution is 14.0. The Labute approximate surface area is 204 Å². The number of hydrogen-bond acceptors (Lipinski definition) is 4. The van der Waals surface area contributed by atoms with Gasteiger partial charge < -0.3 is 20.1 Å². The van der Waals surface area contributed by atoms with Crippen molar-refractivity contribution < 1.29 is 4.79 Å². The van der Waals surface area contributed by atoms with E-state index in [0.717, 1.165) is 70.2 Å². The van der Waals surface area contributed by atoms with E-state index in [1.54, 1.807) is 6.33 Å².